The summed E-state index contributed by atoms with van der Waals surface area (Å²) in [5.41, 5.74) is 2.85. The molecule has 1 N–H and O–H groups in total. The van der Waals surface area contributed by atoms with E-state index in [4.69, 9.17) is 0 Å². The van der Waals surface area contributed by atoms with Crippen LogP contribution >= 0.6 is 11.8 Å². The van der Waals surface area contributed by atoms with Crippen molar-refractivity contribution in [2.24, 2.45) is 0 Å². The zero-order valence-electron chi connectivity index (χ0n) is 16.0. The molecule has 29 heavy (non-hydrogen) atoms. The number of aryl methyl sites for hydroxylation is 1. The highest BCUT2D eigenvalue weighted by molar-refractivity contribution is 8.04. The van der Waals surface area contributed by atoms with Gasteiger partial charge in [0.25, 0.3) is 11.8 Å². The third-order valence-corrected chi connectivity index (χ3v) is 5.74. The van der Waals surface area contributed by atoms with Crippen LogP contribution in [0.1, 0.15) is 12.5 Å². The highest BCUT2D eigenvalue weighted by Crippen LogP contribution is 2.37. The van der Waals surface area contributed by atoms with E-state index >= 15 is 0 Å². The molecule has 0 aromatic heterocycles. The molecule has 1 aliphatic rings. The average molecular weight is 401 g/mol. The molecule has 0 saturated carbocycles. The van der Waals surface area contributed by atoms with E-state index < -0.39 is 0 Å². The highest BCUT2D eigenvalue weighted by Gasteiger charge is 2.40. The maximum atomic E-state index is 13.2. The maximum absolute atomic E-state index is 13.2. The molecule has 0 spiro atoms. The number of hydrogen-bond donors (Lipinski definition) is 1. The van der Waals surface area contributed by atoms with Gasteiger partial charge in [-0.1, -0.05) is 67.2 Å². The van der Waals surface area contributed by atoms with E-state index in [-0.39, 0.29) is 11.8 Å². The third-order valence-electron chi connectivity index (χ3n) is 4.65. The van der Waals surface area contributed by atoms with Gasteiger partial charge in [-0.25, -0.2) is 4.90 Å². The zero-order chi connectivity index (χ0) is 20.2. The number of imide groups is 1. The minimum atomic E-state index is -0.348. The number of para-hydroxylation sites is 1. The summed E-state index contributed by atoms with van der Waals surface area (Å²) in [5.74, 6) is -0.665. The van der Waals surface area contributed by atoms with Crippen LogP contribution in [-0.4, -0.2) is 11.8 Å². The number of carbonyl (C=O) groups excluding carboxylic acids is 2. The summed E-state index contributed by atoms with van der Waals surface area (Å²) in [4.78, 5) is 28.9. The Morgan fingerprint density at radius 3 is 2.03 bits per heavy atom. The van der Waals surface area contributed by atoms with Gasteiger partial charge in [0, 0.05) is 10.6 Å². The Morgan fingerprint density at radius 1 is 0.793 bits per heavy atom. The lowest BCUT2D eigenvalue weighted by atomic mass is 10.1. The van der Waals surface area contributed by atoms with Gasteiger partial charge in [0.05, 0.1) is 5.69 Å². The van der Waals surface area contributed by atoms with Crippen molar-refractivity contribution in [2.45, 2.75) is 18.2 Å². The molecule has 0 atom stereocenters. The quantitative estimate of drug-likeness (QED) is 0.575. The highest BCUT2D eigenvalue weighted by atomic mass is 32.2. The Morgan fingerprint density at radius 2 is 1.41 bits per heavy atom. The first kappa shape index (κ1) is 19.0. The average Bonchev–Trinajstić information content (AvgIpc) is 2.99. The normalized spacial score (nSPS) is 13.9. The number of nitrogens with one attached hydrogen (secondary N) is 1. The molecule has 5 heteroatoms. The van der Waals surface area contributed by atoms with Gasteiger partial charge in [-0.05, 0) is 48.4 Å². The minimum Gasteiger partial charge on any atom is -0.350 e. The van der Waals surface area contributed by atoms with Crippen LogP contribution in [0.15, 0.2) is 100 Å². The molecule has 3 aromatic rings. The van der Waals surface area contributed by atoms with Crippen LogP contribution in [0, 0.1) is 0 Å². The largest absolute Gasteiger partial charge is 0.350 e. The van der Waals surface area contributed by atoms with Gasteiger partial charge < -0.3 is 5.32 Å². The van der Waals surface area contributed by atoms with Crippen LogP contribution < -0.4 is 10.2 Å². The van der Waals surface area contributed by atoms with Crippen molar-refractivity contribution in [3.63, 3.8) is 0 Å². The van der Waals surface area contributed by atoms with Gasteiger partial charge in [-0.2, -0.15) is 0 Å². The summed E-state index contributed by atoms with van der Waals surface area (Å²) in [5, 5.41) is 3.19. The summed E-state index contributed by atoms with van der Waals surface area (Å²) < 4.78 is 0. The Labute approximate surface area is 174 Å². The number of benzene rings is 3. The van der Waals surface area contributed by atoms with E-state index in [0.29, 0.717) is 16.3 Å². The van der Waals surface area contributed by atoms with E-state index in [1.807, 2.05) is 72.8 Å². The summed E-state index contributed by atoms with van der Waals surface area (Å²) in [7, 11) is 0. The number of amides is 2. The molecule has 4 nitrogen and oxygen atoms in total. The molecule has 0 aliphatic carbocycles. The van der Waals surface area contributed by atoms with Crippen molar-refractivity contribution < 1.29 is 9.59 Å². The fourth-order valence-corrected chi connectivity index (χ4v) is 4.05. The Balaban J connectivity index is 1.72. The number of nitrogens with zero attached hydrogens (tertiary/aromatic N) is 1. The molecule has 0 fully saturated rings. The third kappa shape index (κ3) is 3.96. The van der Waals surface area contributed by atoms with Crippen molar-refractivity contribution in [3.8, 4) is 0 Å². The number of hydrogen-bond acceptors (Lipinski definition) is 4. The number of thioether (sulfide) groups is 1. The van der Waals surface area contributed by atoms with Crippen molar-refractivity contribution in [3.05, 3.63) is 101 Å². The van der Waals surface area contributed by atoms with Crippen LogP contribution in [0.5, 0.6) is 0 Å². The van der Waals surface area contributed by atoms with Gasteiger partial charge in [0.15, 0.2) is 0 Å². The molecule has 2 amide bonds. The van der Waals surface area contributed by atoms with Crippen molar-refractivity contribution in [2.75, 3.05) is 10.2 Å². The van der Waals surface area contributed by atoms with Crippen LogP contribution in [-0.2, 0) is 16.0 Å². The first-order chi connectivity index (χ1) is 14.2. The predicted octanol–water partition coefficient (Wildman–Crippen LogP) is 5.24. The van der Waals surface area contributed by atoms with E-state index in [0.717, 1.165) is 17.0 Å². The molecule has 0 saturated heterocycles. The van der Waals surface area contributed by atoms with Crippen LogP contribution in [0.3, 0.4) is 0 Å². The second-order valence-electron chi connectivity index (χ2n) is 6.58. The first-order valence-electron chi connectivity index (χ1n) is 9.44. The Bertz CT molecular complexity index is 1060. The molecule has 4 rings (SSSR count). The summed E-state index contributed by atoms with van der Waals surface area (Å²) in [6.45, 7) is 2.09. The van der Waals surface area contributed by atoms with Crippen LogP contribution in [0.25, 0.3) is 0 Å². The van der Waals surface area contributed by atoms with E-state index in [1.54, 1.807) is 12.1 Å². The molecule has 1 heterocycles. The van der Waals surface area contributed by atoms with Crippen molar-refractivity contribution in [1.82, 2.24) is 0 Å². The fraction of sp³-hybridized carbons (Fsp3) is 0.0833. The van der Waals surface area contributed by atoms with Crippen LogP contribution in [0.2, 0.25) is 0 Å². The smallest absolute Gasteiger partial charge is 0.283 e. The molecular formula is C24H20N2O2S. The molecule has 0 bridgehead atoms. The number of carbonyl (C=O) groups is 2. The van der Waals surface area contributed by atoms with Gasteiger partial charge in [-0.3, -0.25) is 9.59 Å². The van der Waals surface area contributed by atoms with E-state index in [1.165, 1.54) is 22.2 Å². The Hall–Kier alpha value is -3.31. The molecule has 144 valence electrons. The zero-order valence-corrected chi connectivity index (χ0v) is 16.8. The molecule has 0 unspecified atom stereocenters. The number of anilines is 2. The topological polar surface area (TPSA) is 49.4 Å². The second kappa shape index (κ2) is 8.37. The lowest BCUT2D eigenvalue weighted by Crippen LogP contribution is -2.32. The Kier molecular flexibility index (Phi) is 5.49. The van der Waals surface area contributed by atoms with Gasteiger partial charge >= 0.3 is 0 Å². The monoisotopic (exact) mass is 400 g/mol. The van der Waals surface area contributed by atoms with E-state index in [2.05, 4.69) is 12.2 Å². The lowest BCUT2D eigenvalue weighted by molar-refractivity contribution is -0.120. The van der Waals surface area contributed by atoms with Crippen LogP contribution in [0.4, 0.5) is 11.4 Å². The predicted molar refractivity (Wildman–Crippen MR) is 118 cm³/mol. The summed E-state index contributed by atoms with van der Waals surface area (Å²) in [6.07, 6.45) is 0.942. The van der Waals surface area contributed by atoms with Gasteiger partial charge in [0.1, 0.15) is 10.6 Å². The van der Waals surface area contributed by atoms with Gasteiger partial charge in [-0.15, -0.1) is 0 Å². The summed E-state index contributed by atoms with van der Waals surface area (Å²) >= 11 is 1.30. The SMILES string of the molecule is CCc1ccc(NC2=C(Sc3ccccc3)C(=O)N(c3ccccc3)C2=O)cc1. The van der Waals surface area contributed by atoms with Crippen molar-refractivity contribution >= 4 is 35.0 Å². The maximum Gasteiger partial charge on any atom is 0.283 e. The summed E-state index contributed by atoms with van der Waals surface area (Å²) in [6, 6.07) is 26.5. The molecule has 3 aromatic carbocycles. The number of rotatable bonds is 6. The minimum absolute atomic E-state index is 0.303. The van der Waals surface area contributed by atoms with E-state index in [9.17, 15) is 9.59 Å². The lowest BCUT2D eigenvalue weighted by Gasteiger charge is -2.15. The van der Waals surface area contributed by atoms with Crippen molar-refractivity contribution in [1.29, 1.82) is 0 Å². The molecule has 1 aliphatic heterocycles. The molecule has 0 radical (unpaired) electrons. The molecular weight excluding hydrogens is 380 g/mol. The first-order valence-corrected chi connectivity index (χ1v) is 10.3. The second-order valence-corrected chi connectivity index (χ2v) is 7.66. The standard InChI is InChI=1S/C24H20N2O2S/c1-2-17-13-15-18(16-14-17)25-21-22(29-20-11-7-4-8-12-20)24(28)26(23(21)27)19-9-5-3-6-10-19/h3-16,25H,2H2,1H3. The fourth-order valence-electron chi connectivity index (χ4n) is 3.10. The van der Waals surface area contributed by atoms with Gasteiger partial charge in [0.2, 0.25) is 0 Å².